The van der Waals surface area contributed by atoms with Gasteiger partial charge in [-0.25, -0.2) is 10.1 Å². The average molecular weight is 553 g/mol. The molecule has 0 aliphatic rings. The molecule has 0 saturated carbocycles. The Bertz CT molecular complexity index is 1890. The SMILES string of the molecule is CC(C)Oc1ccc(-c2ccc(-c3cc(-c4ccc5nccnc5c4)n(-c4cccc(C(=N)NN=N)c4)n3)cc2)cc1. The summed E-state index contributed by atoms with van der Waals surface area (Å²) < 4.78 is 7.64. The number of nitrogens with one attached hydrogen (secondary N) is 3. The minimum absolute atomic E-state index is 0.0288. The molecule has 3 N–H and O–H groups in total. The van der Waals surface area contributed by atoms with Gasteiger partial charge in [0.25, 0.3) is 0 Å². The number of amidine groups is 1. The van der Waals surface area contributed by atoms with Crippen LogP contribution >= 0.6 is 0 Å². The van der Waals surface area contributed by atoms with Crippen LogP contribution in [0.2, 0.25) is 0 Å². The Hall–Kier alpha value is -5.70. The monoisotopic (exact) mass is 552 g/mol. The summed E-state index contributed by atoms with van der Waals surface area (Å²) in [7, 11) is 0. The van der Waals surface area contributed by atoms with Gasteiger partial charge < -0.3 is 4.74 Å². The van der Waals surface area contributed by atoms with Crippen LogP contribution in [0.4, 0.5) is 0 Å². The predicted molar refractivity (Wildman–Crippen MR) is 164 cm³/mol. The van der Waals surface area contributed by atoms with Gasteiger partial charge in [0, 0.05) is 29.1 Å². The van der Waals surface area contributed by atoms with E-state index in [9.17, 15) is 0 Å². The van der Waals surface area contributed by atoms with Crippen LogP contribution in [0, 0.1) is 10.9 Å². The van der Waals surface area contributed by atoms with Gasteiger partial charge in [-0.1, -0.05) is 59.8 Å². The van der Waals surface area contributed by atoms with Crippen LogP contribution < -0.4 is 10.2 Å². The summed E-state index contributed by atoms with van der Waals surface area (Å²) in [5.74, 6) is 0.883. The zero-order valence-electron chi connectivity index (χ0n) is 23.1. The fourth-order valence-electron chi connectivity index (χ4n) is 4.79. The van der Waals surface area contributed by atoms with E-state index in [4.69, 9.17) is 20.8 Å². The third-order valence-electron chi connectivity index (χ3n) is 6.76. The van der Waals surface area contributed by atoms with Crippen LogP contribution in [0.5, 0.6) is 5.75 Å². The van der Waals surface area contributed by atoms with E-state index in [1.54, 1.807) is 18.5 Å². The van der Waals surface area contributed by atoms with Gasteiger partial charge in [-0.3, -0.25) is 15.4 Å². The largest absolute Gasteiger partial charge is 0.491 e. The molecule has 9 heteroatoms. The summed E-state index contributed by atoms with van der Waals surface area (Å²) in [4.78, 5) is 8.89. The first-order valence-corrected chi connectivity index (χ1v) is 13.5. The van der Waals surface area contributed by atoms with Crippen LogP contribution in [-0.2, 0) is 0 Å². The summed E-state index contributed by atoms with van der Waals surface area (Å²) in [6.45, 7) is 4.03. The highest BCUT2D eigenvalue weighted by molar-refractivity contribution is 5.96. The molecule has 0 aliphatic heterocycles. The molecule has 0 fully saturated rings. The summed E-state index contributed by atoms with van der Waals surface area (Å²) in [5.41, 5.74) is 18.2. The molecule has 6 aromatic rings. The minimum Gasteiger partial charge on any atom is -0.491 e. The van der Waals surface area contributed by atoms with Crippen LogP contribution in [0.15, 0.2) is 115 Å². The Morgan fingerprint density at radius 1 is 0.786 bits per heavy atom. The second kappa shape index (κ2) is 11.4. The van der Waals surface area contributed by atoms with Crippen LogP contribution in [0.1, 0.15) is 19.4 Å². The lowest BCUT2D eigenvalue weighted by Crippen LogP contribution is -2.16. The van der Waals surface area contributed by atoms with Crippen molar-refractivity contribution in [2.75, 3.05) is 0 Å². The van der Waals surface area contributed by atoms with Gasteiger partial charge in [0.05, 0.1) is 34.2 Å². The molecular formula is C33H28N8O. The molecule has 4 aromatic carbocycles. The maximum Gasteiger partial charge on any atom is 0.147 e. The van der Waals surface area contributed by atoms with E-state index in [0.29, 0.717) is 5.56 Å². The number of rotatable bonds is 8. The lowest BCUT2D eigenvalue weighted by Gasteiger charge is -2.10. The van der Waals surface area contributed by atoms with Gasteiger partial charge in [-0.2, -0.15) is 10.6 Å². The molecule has 0 radical (unpaired) electrons. The van der Waals surface area contributed by atoms with Crippen molar-refractivity contribution < 1.29 is 4.74 Å². The zero-order chi connectivity index (χ0) is 29.1. The van der Waals surface area contributed by atoms with Gasteiger partial charge in [-0.15, -0.1) is 0 Å². The minimum atomic E-state index is 0.0288. The number of benzene rings is 4. The second-order valence-electron chi connectivity index (χ2n) is 10.0. The van der Waals surface area contributed by atoms with E-state index in [0.717, 1.165) is 56.1 Å². The molecule has 6 rings (SSSR count). The second-order valence-corrected chi connectivity index (χ2v) is 10.0. The highest BCUT2D eigenvalue weighted by Crippen LogP contribution is 2.32. The van der Waals surface area contributed by atoms with Gasteiger partial charge in [0.1, 0.15) is 11.6 Å². The fourth-order valence-corrected chi connectivity index (χ4v) is 4.79. The van der Waals surface area contributed by atoms with Gasteiger partial charge in [-0.05, 0) is 67.4 Å². The van der Waals surface area contributed by atoms with Crippen LogP contribution in [0.3, 0.4) is 0 Å². The van der Waals surface area contributed by atoms with E-state index < -0.39 is 0 Å². The number of hydrogen-bond acceptors (Lipinski definition) is 7. The van der Waals surface area contributed by atoms with E-state index in [1.807, 2.05) is 67.1 Å². The Morgan fingerprint density at radius 2 is 1.45 bits per heavy atom. The first-order chi connectivity index (χ1) is 20.5. The molecule has 2 aromatic heterocycles. The third-order valence-corrected chi connectivity index (χ3v) is 6.76. The summed E-state index contributed by atoms with van der Waals surface area (Å²) >= 11 is 0. The van der Waals surface area contributed by atoms with Gasteiger partial charge >= 0.3 is 0 Å². The Morgan fingerprint density at radius 3 is 2.17 bits per heavy atom. The van der Waals surface area contributed by atoms with Crippen molar-refractivity contribution in [3.05, 3.63) is 115 Å². The van der Waals surface area contributed by atoms with E-state index in [1.165, 1.54) is 0 Å². The summed E-state index contributed by atoms with van der Waals surface area (Å²) in [5, 5.41) is 16.3. The van der Waals surface area contributed by atoms with E-state index >= 15 is 0 Å². The molecule has 0 bridgehead atoms. The third kappa shape index (κ3) is 5.48. The zero-order valence-corrected chi connectivity index (χ0v) is 23.1. The van der Waals surface area contributed by atoms with Crippen molar-refractivity contribution in [3.63, 3.8) is 0 Å². The Balaban J connectivity index is 1.40. The molecule has 0 atom stereocenters. The Labute approximate surface area is 242 Å². The summed E-state index contributed by atoms with van der Waals surface area (Å²) in [6.07, 6.45) is 3.49. The molecule has 0 amide bonds. The highest BCUT2D eigenvalue weighted by Gasteiger charge is 2.15. The van der Waals surface area contributed by atoms with Crippen molar-refractivity contribution in [1.29, 1.82) is 10.9 Å². The number of aromatic nitrogens is 4. The summed E-state index contributed by atoms with van der Waals surface area (Å²) in [6, 6.07) is 31.9. The molecule has 9 nitrogen and oxygen atoms in total. The van der Waals surface area contributed by atoms with Crippen LogP contribution in [0.25, 0.3) is 50.4 Å². The lowest BCUT2D eigenvalue weighted by molar-refractivity contribution is 0.242. The standard InChI is InChI=1S/C33H28N8O/c1-21(2)42-28-13-10-23(11-14-28)22-6-8-24(9-7-22)30-20-32(25-12-15-29-31(19-25)37-17-16-36-29)41(39-30)27-5-3-4-26(18-27)33(34)38-40-35/h3-21H,1-2H3,(H3,34,35,38). The molecule has 42 heavy (non-hydrogen) atoms. The maximum absolute atomic E-state index is 8.19. The first kappa shape index (κ1) is 26.5. The van der Waals surface area contributed by atoms with E-state index in [-0.39, 0.29) is 11.9 Å². The van der Waals surface area contributed by atoms with E-state index in [2.05, 4.69) is 63.1 Å². The average Bonchev–Trinajstić information content (AvgIpc) is 3.47. The molecule has 0 saturated heterocycles. The van der Waals surface area contributed by atoms with Gasteiger partial charge in [0.2, 0.25) is 0 Å². The van der Waals surface area contributed by atoms with Crippen molar-refractivity contribution >= 4 is 16.9 Å². The number of fused-ring (bicyclic) bond motifs is 1. The molecule has 0 aliphatic carbocycles. The topological polar surface area (TPSA) is 125 Å². The van der Waals surface area contributed by atoms with Crippen molar-refractivity contribution in [2.24, 2.45) is 5.22 Å². The number of nitrogens with zero attached hydrogens (tertiary/aromatic N) is 5. The fraction of sp³-hybridized carbons (Fsp3) is 0.0909. The van der Waals surface area contributed by atoms with Crippen LogP contribution in [-0.4, -0.2) is 31.7 Å². The smallest absolute Gasteiger partial charge is 0.147 e. The maximum atomic E-state index is 8.19. The van der Waals surface area contributed by atoms with Crippen molar-refractivity contribution in [3.8, 4) is 45.1 Å². The lowest BCUT2D eigenvalue weighted by atomic mass is 10.0. The molecular weight excluding hydrogens is 524 g/mol. The molecule has 206 valence electrons. The quantitative estimate of drug-likeness (QED) is 0.0782. The first-order valence-electron chi connectivity index (χ1n) is 13.5. The van der Waals surface area contributed by atoms with Gasteiger partial charge in [0.15, 0.2) is 0 Å². The predicted octanol–water partition coefficient (Wildman–Crippen LogP) is 7.46. The molecule has 0 spiro atoms. The number of hydrogen-bond donors (Lipinski definition) is 3. The highest BCUT2D eigenvalue weighted by atomic mass is 16.5. The van der Waals surface area contributed by atoms with Crippen molar-refractivity contribution in [2.45, 2.75) is 20.0 Å². The van der Waals surface area contributed by atoms with Crippen molar-refractivity contribution in [1.82, 2.24) is 25.2 Å². The Kier molecular flexibility index (Phi) is 7.21. The normalized spacial score (nSPS) is 11.0. The molecule has 2 heterocycles. The molecule has 0 unspecified atom stereocenters. The number of ether oxygens (including phenoxy) is 1.